The lowest BCUT2D eigenvalue weighted by molar-refractivity contribution is 0.174. The van der Waals surface area contributed by atoms with Gasteiger partial charge in [0.1, 0.15) is 0 Å². The van der Waals surface area contributed by atoms with Crippen molar-refractivity contribution < 1.29 is 18.3 Å². The molecule has 0 spiro atoms. The molecule has 1 N–H and O–H groups in total. The van der Waals surface area contributed by atoms with E-state index in [2.05, 4.69) is 5.32 Å². The fourth-order valence-electron chi connectivity index (χ4n) is 2.22. The van der Waals surface area contributed by atoms with Gasteiger partial charge in [-0.25, -0.2) is 8.78 Å². The molecule has 0 amide bonds. The first-order chi connectivity index (χ1) is 10.1. The third-order valence-corrected chi connectivity index (χ3v) is 3.49. The van der Waals surface area contributed by atoms with Gasteiger partial charge in [-0.3, -0.25) is 0 Å². The van der Waals surface area contributed by atoms with Gasteiger partial charge in [-0.2, -0.15) is 0 Å². The van der Waals surface area contributed by atoms with Crippen LogP contribution >= 0.6 is 0 Å². The standard InChI is InChI=1S/C16H15F2NO2/c1-10(12-3-4-13(17)14(18)7-12)19-8-11-2-5-15-16(6-11)21-9-20-15/h2-7,10,19H,8-9H2,1H3. The summed E-state index contributed by atoms with van der Waals surface area (Å²) < 4.78 is 36.7. The first-order valence-electron chi connectivity index (χ1n) is 6.70. The van der Waals surface area contributed by atoms with Crippen molar-refractivity contribution in [3.8, 4) is 11.5 Å². The molecular formula is C16H15F2NO2. The minimum absolute atomic E-state index is 0.0921. The van der Waals surface area contributed by atoms with E-state index >= 15 is 0 Å². The van der Waals surface area contributed by atoms with Crippen LogP contribution in [0.3, 0.4) is 0 Å². The maximum absolute atomic E-state index is 13.2. The van der Waals surface area contributed by atoms with Crippen molar-refractivity contribution >= 4 is 0 Å². The smallest absolute Gasteiger partial charge is 0.231 e. The van der Waals surface area contributed by atoms with Crippen molar-refractivity contribution in [3.05, 3.63) is 59.2 Å². The largest absolute Gasteiger partial charge is 0.454 e. The van der Waals surface area contributed by atoms with E-state index in [1.54, 1.807) is 6.07 Å². The maximum Gasteiger partial charge on any atom is 0.231 e. The van der Waals surface area contributed by atoms with Crippen molar-refractivity contribution in [3.63, 3.8) is 0 Å². The van der Waals surface area contributed by atoms with Crippen LogP contribution in [0.2, 0.25) is 0 Å². The van der Waals surface area contributed by atoms with E-state index < -0.39 is 11.6 Å². The van der Waals surface area contributed by atoms with Crippen LogP contribution in [0.1, 0.15) is 24.1 Å². The summed E-state index contributed by atoms with van der Waals surface area (Å²) in [5.74, 6) is -0.187. The molecule has 1 atom stereocenters. The molecular weight excluding hydrogens is 276 g/mol. The highest BCUT2D eigenvalue weighted by Gasteiger charge is 2.14. The first-order valence-corrected chi connectivity index (χ1v) is 6.70. The van der Waals surface area contributed by atoms with Crippen LogP contribution in [0, 0.1) is 11.6 Å². The molecule has 1 heterocycles. The lowest BCUT2D eigenvalue weighted by atomic mass is 10.1. The Morgan fingerprint density at radius 1 is 1.05 bits per heavy atom. The lowest BCUT2D eigenvalue weighted by Gasteiger charge is -2.14. The fourth-order valence-corrected chi connectivity index (χ4v) is 2.22. The molecule has 21 heavy (non-hydrogen) atoms. The number of nitrogens with one attached hydrogen (secondary N) is 1. The average molecular weight is 291 g/mol. The molecule has 2 aromatic rings. The molecule has 3 nitrogen and oxygen atoms in total. The molecule has 0 radical (unpaired) electrons. The number of hydrogen-bond donors (Lipinski definition) is 1. The van der Waals surface area contributed by atoms with Gasteiger partial charge in [0.15, 0.2) is 23.1 Å². The number of halogens is 2. The van der Waals surface area contributed by atoms with Crippen LogP contribution in [-0.2, 0) is 6.54 Å². The van der Waals surface area contributed by atoms with E-state index in [1.165, 1.54) is 6.07 Å². The summed E-state index contributed by atoms with van der Waals surface area (Å²) in [7, 11) is 0. The highest BCUT2D eigenvalue weighted by Crippen LogP contribution is 2.32. The molecule has 0 aromatic heterocycles. The number of fused-ring (bicyclic) bond motifs is 1. The van der Waals surface area contributed by atoms with E-state index in [9.17, 15) is 8.78 Å². The zero-order valence-electron chi connectivity index (χ0n) is 11.5. The predicted molar refractivity (Wildman–Crippen MR) is 74.2 cm³/mol. The molecule has 110 valence electrons. The van der Waals surface area contributed by atoms with E-state index in [1.807, 2.05) is 25.1 Å². The van der Waals surface area contributed by atoms with Gasteiger partial charge >= 0.3 is 0 Å². The van der Waals surface area contributed by atoms with Crippen molar-refractivity contribution in [2.75, 3.05) is 6.79 Å². The van der Waals surface area contributed by atoms with Crippen LogP contribution < -0.4 is 14.8 Å². The Morgan fingerprint density at radius 3 is 2.67 bits per heavy atom. The van der Waals surface area contributed by atoms with Gasteiger partial charge in [0.2, 0.25) is 6.79 Å². The van der Waals surface area contributed by atoms with Gasteiger partial charge in [0.05, 0.1) is 0 Å². The Hall–Kier alpha value is -2.14. The second-order valence-corrected chi connectivity index (χ2v) is 4.96. The average Bonchev–Trinajstić information content (AvgIpc) is 2.95. The molecule has 1 unspecified atom stereocenters. The summed E-state index contributed by atoms with van der Waals surface area (Å²) in [5.41, 5.74) is 1.74. The normalized spacial score (nSPS) is 14.2. The minimum atomic E-state index is -0.832. The third kappa shape index (κ3) is 2.97. The Kier molecular flexibility index (Phi) is 3.75. The Bertz CT molecular complexity index is 661. The number of rotatable bonds is 4. The molecule has 0 aliphatic carbocycles. The topological polar surface area (TPSA) is 30.5 Å². The predicted octanol–water partition coefficient (Wildman–Crippen LogP) is 3.54. The molecule has 3 rings (SSSR count). The summed E-state index contributed by atoms with van der Waals surface area (Å²) in [6.07, 6.45) is 0. The van der Waals surface area contributed by atoms with Crippen molar-refractivity contribution in [1.82, 2.24) is 5.32 Å². The Morgan fingerprint density at radius 2 is 1.86 bits per heavy atom. The molecule has 0 bridgehead atoms. The summed E-state index contributed by atoms with van der Waals surface area (Å²) >= 11 is 0. The highest BCUT2D eigenvalue weighted by molar-refractivity contribution is 5.44. The Labute approximate surface area is 121 Å². The van der Waals surface area contributed by atoms with Gasteiger partial charge in [-0.15, -0.1) is 0 Å². The number of benzene rings is 2. The molecule has 1 aliphatic heterocycles. The van der Waals surface area contributed by atoms with Crippen molar-refractivity contribution in [2.24, 2.45) is 0 Å². The van der Waals surface area contributed by atoms with Gasteiger partial charge < -0.3 is 14.8 Å². The van der Waals surface area contributed by atoms with E-state index in [-0.39, 0.29) is 12.8 Å². The van der Waals surface area contributed by atoms with E-state index in [0.29, 0.717) is 12.1 Å². The SMILES string of the molecule is CC(NCc1ccc2c(c1)OCO2)c1ccc(F)c(F)c1. The van der Waals surface area contributed by atoms with Crippen molar-refractivity contribution in [2.45, 2.75) is 19.5 Å². The second-order valence-electron chi connectivity index (χ2n) is 4.96. The third-order valence-electron chi connectivity index (χ3n) is 3.49. The monoisotopic (exact) mass is 291 g/mol. The number of hydrogen-bond acceptors (Lipinski definition) is 3. The highest BCUT2D eigenvalue weighted by atomic mass is 19.2. The minimum Gasteiger partial charge on any atom is -0.454 e. The summed E-state index contributed by atoms with van der Waals surface area (Å²) in [6.45, 7) is 2.74. The summed E-state index contributed by atoms with van der Waals surface area (Å²) in [6, 6.07) is 9.56. The zero-order chi connectivity index (χ0) is 14.8. The van der Waals surface area contributed by atoms with Gasteiger partial charge in [0, 0.05) is 12.6 Å². The zero-order valence-corrected chi connectivity index (χ0v) is 11.5. The lowest BCUT2D eigenvalue weighted by Crippen LogP contribution is -2.18. The van der Waals surface area contributed by atoms with Gasteiger partial charge in [-0.05, 0) is 42.3 Å². The van der Waals surface area contributed by atoms with Crippen LogP contribution in [0.25, 0.3) is 0 Å². The van der Waals surface area contributed by atoms with Crippen molar-refractivity contribution in [1.29, 1.82) is 0 Å². The molecule has 0 saturated heterocycles. The van der Waals surface area contributed by atoms with E-state index in [4.69, 9.17) is 9.47 Å². The number of ether oxygens (including phenoxy) is 2. The maximum atomic E-state index is 13.2. The molecule has 2 aromatic carbocycles. The quantitative estimate of drug-likeness (QED) is 0.934. The summed E-state index contributed by atoms with van der Waals surface area (Å²) in [4.78, 5) is 0. The van der Waals surface area contributed by atoms with Gasteiger partial charge in [0.25, 0.3) is 0 Å². The van der Waals surface area contributed by atoms with E-state index in [0.717, 1.165) is 23.1 Å². The van der Waals surface area contributed by atoms with Crippen LogP contribution in [0.5, 0.6) is 11.5 Å². The van der Waals surface area contributed by atoms with Crippen LogP contribution in [0.4, 0.5) is 8.78 Å². The second kappa shape index (κ2) is 5.69. The Balaban J connectivity index is 1.65. The van der Waals surface area contributed by atoms with Crippen LogP contribution in [0.15, 0.2) is 36.4 Å². The molecule has 5 heteroatoms. The fraction of sp³-hybridized carbons (Fsp3) is 0.250. The molecule has 0 saturated carbocycles. The summed E-state index contributed by atoms with van der Waals surface area (Å²) in [5, 5.41) is 3.27. The molecule has 1 aliphatic rings. The van der Waals surface area contributed by atoms with Gasteiger partial charge in [-0.1, -0.05) is 12.1 Å². The molecule has 0 fully saturated rings. The first kappa shape index (κ1) is 13.8. The van der Waals surface area contributed by atoms with Crippen LogP contribution in [-0.4, -0.2) is 6.79 Å².